The monoisotopic (exact) mass is 262 g/mol. The van der Waals surface area contributed by atoms with Gasteiger partial charge in [0.1, 0.15) is 0 Å². The third-order valence-electron chi connectivity index (χ3n) is 4.51. The second-order valence-electron chi connectivity index (χ2n) is 6.22. The van der Waals surface area contributed by atoms with E-state index in [9.17, 15) is 5.11 Å². The summed E-state index contributed by atoms with van der Waals surface area (Å²) in [5.74, 6) is 1.46. The molecule has 1 aliphatic rings. The minimum absolute atomic E-state index is 0.179. The van der Waals surface area contributed by atoms with Crippen LogP contribution < -0.4 is 0 Å². The predicted octanol–water partition coefficient (Wildman–Crippen LogP) is 2.70. The van der Waals surface area contributed by atoms with Crippen molar-refractivity contribution in [3.05, 3.63) is 30.1 Å². The number of nitrogens with zero attached hydrogens (tertiary/aromatic N) is 2. The molecule has 3 unspecified atom stereocenters. The van der Waals surface area contributed by atoms with Crippen molar-refractivity contribution in [3.8, 4) is 0 Å². The highest BCUT2D eigenvalue weighted by molar-refractivity contribution is 5.09. The first-order valence-electron chi connectivity index (χ1n) is 7.35. The van der Waals surface area contributed by atoms with Gasteiger partial charge < -0.3 is 5.11 Å². The molecule has 0 aliphatic heterocycles. The fourth-order valence-electron chi connectivity index (χ4n) is 3.13. The zero-order valence-electron chi connectivity index (χ0n) is 12.3. The first-order valence-corrected chi connectivity index (χ1v) is 7.35. The van der Waals surface area contributed by atoms with Crippen LogP contribution in [0.3, 0.4) is 0 Å². The van der Waals surface area contributed by atoms with Crippen LogP contribution in [0.2, 0.25) is 0 Å². The molecule has 3 atom stereocenters. The Morgan fingerprint density at radius 1 is 1.32 bits per heavy atom. The Labute approximate surface area is 116 Å². The second-order valence-corrected chi connectivity index (χ2v) is 6.22. The SMILES string of the molecule is CC(C)C1CCC(O)C(N(C)Cc2ccncc2)C1. The lowest BCUT2D eigenvalue weighted by molar-refractivity contribution is 0.00314. The summed E-state index contributed by atoms with van der Waals surface area (Å²) in [6.07, 6.45) is 6.70. The van der Waals surface area contributed by atoms with E-state index in [0.29, 0.717) is 5.92 Å². The van der Waals surface area contributed by atoms with Crippen LogP contribution in [0.5, 0.6) is 0 Å². The van der Waals surface area contributed by atoms with Crippen molar-refractivity contribution in [2.24, 2.45) is 11.8 Å². The first kappa shape index (κ1) is 14.5. The minimum atomic E-state index is -0.179. The van der Waals surface area contributed by atoms with Gasteiger partial charge in [-0.05, 0) is 55.8 Å². The molecule has 0 radical (unpaired) electrons. The van der Waals surface area contributed by atoms with E-state index in [0.717, 1.165) is 25.3 Å². The van der Waals surface area contributed by atoms with Crippen LogP contribution in [-0.2, 0) is 6.54 Å². The fourth-order valence-corrected chi connectivity index (χ4v) is 3.13. The smallest absolute Gasteiger partial charge is 0.0695 e. The molecule has 1 N–H and O–H groups in total. The van der Waals surface area contributed by atoms with Crippen LogP contribution in [0.4, 0.5) is 0 Å². The van der Waals surface area contributed by atoms with Crippen molar-refractivity contribution in [1.82, 2.24) is 9.88 Å². The molecular weight excluding hydrogens is 236 g/mol. The van der Waals surface area contributed by atoms with Gasteiger partial charge in [-0.3, -0.25) is 9.88 Å². The molecule has 1 aromatic rings. The summed E-state index contributed by atoms with van der Waals surface area (Å²) in [7, 11) is 2.12. The zero-order chi connectivity index (χ0) is 13.8. The van der Waals surface area contributed by atoms with Crippen LogP contribution >= 0.6 is 0 Å². The molecule has 1 heterocycles. The van der Waals surface area contributed by atoms with E-state index in [-0.39, 0.29) is 12.1 Å². The Kier molecular flexibility index (Phi) is 4.94. The molecular formula is C16H26N2O. The van der Waals surface area contributed by atoms with Crippen LogP contribution in [0.15, 0.2) is 24.5 Å². The summed E-state index contributed by atoms with van der Waals surface area (Å²) in [6.45, 7) is 5.47. The largest absolute Gasteiger partial charge is 0.391 e. The van der Waals surface area contributed by atoms with Crippen LogP contribution in [0, 0.1) is 11.8 Å². The van der Waals surface area contributed by atoms with Gasteiger partial charge in [-0.25, -0.2) is 0 Å². The zero-order valence-corrected chi connectivity index (χ0v) is 12.3. The second kappa shape index (κ2) is 6.49. The maximum atomic E-state index is 10.3. The normalized spacial score (nSPS) is 28.0. The van der Waals surface area contributed by atoms with E-state index in [1.54, 1.807) is 0 Å². The molecule has 3 heteroatoms. The third kappa shape index (κ3) is 3.77. The van der Waals surface area contributed by atoms with Crippen LogP contribution in [0.25, 0.3) is 0 Å². The maximum absolute atomic E-state index is 10.3. The van der Waals surface area contributed by atoms with Gasteiger partial charge in [0.05, 0.1) is 6.10 Å². The van der Waals surface area contributed by atoms with Gasteiger partial charge >= 0.3 is 0 Å². The van der Waals surface area contributed by atoms with E-state index in [2.05, 4.69) is 30.8 Å². The number of rotatable bonds is 4. The summed E-state index contributed by atoms with van der Waals surface area (Å²) in [5.41, 5.74) is 1.26. The topological polar surface area (TPSA) is 36.4 Å². The number of hydrogen-bond donors (Lipinski definition) is 1. The van der Waals surface area contributed by atoms with E-state index >= 15 is 0 Å². The molecule has 0 amide bonds. The Balaban J connectivity index is 1.98. The Bertz CT molecular complexity index is 380. The van der Waals surface area contributed by atoms with Gasteiger partial charge in [-0.1, -0.05) is 13.8 Å². The average Bonchev–Trinajstić information content (AvgIpc) is 2.40. The van der Waals surface area contributed by atoms with Gasteiger partial charge in [-0.15, -0.1) is 0 Å². The summed E-state index contributed by atoms with van der Waals surface area (Å²) in [5, 5.41) is 10.3. The van der Waals surface area contributed by atoms with Crippen LogP contribution in [-0.4, -0.2) is 34.2 Å². The summed E-state index contributed by atoms with van der Waals surface area (Å²) >= 11 is 0. The molecule has 1 saturated carbocycles. The number of likely N-dealkylation sites (N-methyl/N-ethyl adjacent to an activating group) is 1. The molecule has 3 nitrogen and oxygen atoms in total. The summed E-state index contributed by atoms with van der Waals surface area (Å²) < 4.78 is 0. The highest BCUT2D eigenvalue weighted by atomic mass is 16.3. The quantitative estimate of drug-likeness (QED) is 0.906. The van der Waals surface area contributed by atoms with Gasteiger partial charge in [-0.2, -0.15) is 0 Å². The molecule has 0 bridgehead atoms. The lowest BCUT2D eigenvalue weighted by Gasteiger charge is -2.40. The Hall–Kier alpha value is -0.930. The molecule has 0 spiro atoms. The van der Waals surface area contributed by atoms with E-state index in [1.807, 2.05) is 24.5 Å². The van der Waals surface area contributed by atoms with Gasteiger partial charge in [0, 0.05) is 25.0 Å². The first-order chi connectivity index (χ1) is 9.08. The van der Waals surface area contributed by atoms with Crippen LogP contribution in [0.1, 0.15) is 38.7 Å². The van der Waals surface area contributed by atoms with Gasteiger partial charge in [0.2, 0.25) is 0 Å². The Morgan fingerprint density at radius 3 is 2.63 bits per heavy atom. The number of pyridine rings is 1. The molecule has 1 aliphatic carbocycles. The number of aliphatic hydroxyl groups is 1. The van der Waals surface area contributed by atoms with Crippen molar-refractivity contribution in [3.63, 3.8) is 0 Å². The fraction of sp³-hybridized carbons (Fsp3) is 0.688. The molecule has 2 rings (SSSR count). The van der Waals surface area contributed by atoms with Gasteiger partial charge in [0.15, 0.2) is 0 Å². The summed E-state index contributed by atoms with van der Waals surface area (Å²) in [4.78, 5) is 6.35. The van der Waals surface area contributed by atoms with Crippen molar-refractivity contribution in [2.75, 3.05) is 7.05 Å². The number of hydrogen-bond acceptors (Lipinski definition) is 3. The predicted molar refractivity (Wildman–Crippen MR) is 77.7 cm³/mol. The number of aliphatic hydroxyl groups excluding tert-OH is 1. The number of aromatic nitrogens is 1. The van der Waals surface area contributed by atoms with Gasteiger partial charge in [0.25, 0.3) is 0 Å². The highest BCUT2D eigenvalue weighted by Crippen LogP contribution is 2.32. The highest BCUT2D eigenvalue weighted by Gasteiger charge is 2.32. The van der Waals surface area contributed by atoms with E-state index in [1.165, 1.54) is 12.0 Å². The van der Waals surface area contributed by atoms with Crippen molar-refractivity contribution < 1.29 is 5.11 Å². The molecule has 19 heavy (non-hydrogen) atoms. The maximum Gasteiger partial charge on any atom is 0.0695 e. The Morgan fingerprint density at radius 2 is 2.00 bits per heavy atom. The van der Waals surface area contributed by atoms with Crippen molar-refractivity contribution in [2.45, 2.75) is 51.8 Å². The van der Waals surface area contributed by atoms with Crippen molar-refractivity contribution >= 4 is 0 Å². The standard InChI is InChI=1S/C16H26N2O/c1-12(2)14-4-5-16(19)15(10-14)18(3)11-13-6-8-17-9-7-13/h6-9,12,14-16,19H,4-5,10-11H2,1-3H3. The van der Waals surface area contributed by atoms with Crippen molar-refractivity contribution in [1.29, 1.82) is 0 Å². The average molecular weight is 262 g/mol. The lowest BCUT2D eigenvalue weighted by atomic mass is 9.77. The molecule has 106 valence electrons. The molecule has 0 aromatic carbocycles. The van der Waals surface area contributed by atoms with E-state index < -0.39 is 0 Å². The minimum Gasteiger partial charge on any atom is -0.391 e. The van der Waals surface area contributed by atoms with E-state index in [4.69, 9.17) is 0 Å². The third-order valence-corrected chi connectivity index (χ3v) is 4.51. The molecule has 1 aromatic heterocycles. The summed E-state index contributed by atoms with van der Waals surface area (Å²) in [6, 6.07) is 4.38. The molecule has 0 saturated heterocycles. The lowest BCUT2D eigenvalue weighted by Crippen LogP contribution is -2.45. The molecule has 1 fully saturated rings.